The first-order valence-corrected chi connectivity index (χ1v) is 7.92. The topological polar surface area (TPSA) is 12.0 Å². The van der Waals surface area contributed by atoms with Gasteiger partial charge in [-0.15, -0.1) is 0 Å². The Kier molecular flexibility index (Phi) is 7.81. The Labute approximate surface area is 119 Å². The van der Waals surface area contributed by atoms with Crippen molar-refractivity contribution in [2.75, 3.05) is 6.54 Å². The smallest absolute Gasteiger partial charge is 0.00694 e. The van der Waals surface area contributed by atoms with Crippen molar-refractivity contribution in [1.82, 2.24) is 5.32 Å². The highest BCUT2D eigenvalue weighted by atomic mass is 14.9. The van der Waals surface area contributed by atoms with E-state index in [1.54, 1.807) is 0 Å². The second-order valence-corrected chi connectivity index (χ2v) is 6.03. The minimum atomic E-state index is 0.635. The summed E-state index contributed by atoms with van der Waals surface area (Å²) in [4.78, 5) is 0. The van der Waals surface area contributed by atoms with Gasteiger partial charge in [0, 0.05) is 6.04 Å². The van der Waals surface area contributed by atoms with Crippen molar-refractivity contribution >= 4 is 0 Å². The second-order valence-electron chi connectivity index (χ2n) is 6.03. The molecule has 1 aromatic carbocycles. The van der Waals surface area contributed by atoms with Crippen LogP contribution in [-0.4, -0.2) is 12.6 Å². The number of hydrogen-bond acceptors (Lipinski definition) is 1. The van der Waals surface area contributed by atoms with E-state index < -0.39 is 0 Å². The van der Waals surface area contributed by atoms with E-state index in [0.29, 0.717) is 6.04 Å². The minimum Gasteiger partial charge on any atom is -0.314 e. The summed E-state index contributed by atoms with van der Waals surface area (Å²) in [6.45, 7) is 10.4. The van der Waals surface area contributed by atoms with Crippen molar-refractivity contribution < 1.29 is 0 Å². The van der Waals surface area contributed by atoms with Crippen molar-refractivity contribution in [3.63, 3.8) is 0 Å². The number of nitrogens with one attached hydrogen (secondary N) is 1. The maximum Gasteiger partial charge on any atom is 0.00694 e. The van der Waals surface area contributed by atoms with E-state index in [9.17, 15) is 0 Å². The van der Waals surface area contributed by atoms with E-state index in [1.165, 1.54) is 31.2 Å². The molecule has 1 nitrogen and oxygen atoms in total. The van der Waals surface area contributed by atoms with Crippen LogP contribution in [0.4, 0.5) is 0 Å². The normalized spacial score (nSPS) is 14.6. The van der Waals surface area contributed by atoms with Crippen LogP contribution < -0.4 is 5.32 Å². The predicted molar refractivity (Wildman–Crippen MR) is 85.5 cm³/mol. The van der Waals surface area contributed by atoms with Crippen molar-refractivity contribution in [3.05, 3.63) is 35.9 Å². The summed E-state index contributed by atoms with van der Waals surface area (Å²) < 4.78 is 0. The molecule has 0 amide bonds. The highest BCUT2D eigenvalue weighted by Gasteiger charge is 2.19. The van der Waals surface area contributed by atoms with Crippen LogP contribution in [0.2, 0.25) is 0 Å². The molecular weight excluding hydrogens is 230 g/mol. The third-order valence-electron chi connectivity index (χ3n) is 4.06. The Morgan fingerprint density at radius 3 is 2.32 bits per heavy atom. The fraction of sp³-hybridized carbons (Fsp3) is 0.667. The Balaban J connectivity index is 2.37. The molecule has 1 heteroatoms. The van der Waals surface area contributed by atoms with E-state index in [-0.39, 0.29) is 0 Å². The van der Waals surface area contributed by atoms with Gasteiger partial charge in [0.05, 0.1) is 0 Å². The van der Waals surface area contributed by atoms with E-state index in [4.69, 9.17) is 0 Å². The third kappa shape index (κ3) is 6.24. The second kappa shape index (κ2) is 9.14. The van der Waals surface area contributed by atoms with Crippen LogP contribution >= 0.6 is 0 Å². The van der Waals surface area contributed by atoms with Gasteiger partial charge in [0.25, 0.3) is 0 Å². The Bertz CT molecular complexity index is 318. The van der Waals surface area contributed by atoms with Crippen LogP contribution in [0.1, 0.15) is 52.5 Å². The van der Waals surface area contributed by atoms with Crippen LogP contribution in [0.15, 0.2) is 30.3 Å². The highest BCUT2D eigenvalue weighted by Crippen LogP contribution is 2.22. The molecule has 0 heterocycles. The van der Waals surface area contributed by atoms with Gasteiger partial charge in [-0.25, -0.2) is 0 Å². The van der Waals surface area contributed by atoms with E-state index in [2.05, 4.69) is 63.3 Å². The summed E-state index contributed by atoms with van der Waals surface area (Å²) in [6.07, 6.45) is 5.05. The zero-order chi connectivity index (χ0) is 14.1. The lowest BCUT2D eigenvalue weighted by Crippen LogP contribution is -2.36. The summed E-state index contributed by atoms with van der Waals surface area (Å²) in [5.74, 6) is 1.55. The van der Waals surface area contributed by atoms with Crippen molar-refractivity contribution in [1.29, 1.82) is 0 Å². The minimum absolute atomic E-state index is 0.635. The Morgan fingerprint density at radius 1 is 1.05 bits per heavy atom. The van der Waals surface area contributed by atoms with Gasteiger partial charge in [-0.05, 0) is 56.6 Å². The van der Waals surface area contributed by atoms with Gasteiger partial charge in [0.1, 0.15) is 0 Å². The Hall–Kier alpha value is -0.820. The van der Waals surface area contributed by atoms with Crippen molar-refractivity contribution in [3.8, 4) is 0 Å². The summed E-state index contributed by atoms with van der Waals surface area (Å²) in [6, 6.07) is 11.5. The first-order valence-electron chi connectivity index (χ1n) is 7.92. The Morgan fingerprint density at radius 2 is 1.74 bits per heavy atom. The third-order valence-corrected chi connectivity index (χ3v) is 4.06. The fourth-order valence-electron chi connectivity index (χ4n) is 2.87. The molecule has 2 unspecified atom stereocenters. The van der Waals surface area contributed by atoms with Gasteiger partial charge < -0.3 is 5.32 Å². The molecule has 0 aromatic heterocycles. The zero-order valence-corrected chi connectivity index (χ0v) is 13.2. The lowest BCUT2D eigenvalue weighted by atomic mass is 9.84. The molecule has 0 radical (unpaired) electrons. The molecule has 1 rings (SSSR count). The number of benzene rings is 1. The quantitative estimate of drug-likeness (QED) is 0.681. The number of aryl methyl sites for hydroxylation is 1. The zero-order valence-electron chi connectivity index (χ0n) is 13.2. The molecule has 0 spiro atoms. The molecule has 0 saturated heterocycles. The van der Waals surface area contributed by atoms with Crippen LogP contribution in [0.5, 0.6) is 0 Å². The average Bonchev–Trinajstić information content (AvgIpc) is 2.41. The lowest BCUT2D eigenvalue weighted by Gasteiger charge is -2.28. The van der Waals surface area contributed by atoms with Crippen LogP contribution in [0, 0.1) is 11.8 Å². The summed E-state index contributed by atoms with van der Waals surface area (Å²) in [5, 5.41) is 3.66. The predicted octanol–water partition coefficient (Wildman–Crippen LogP) is 4.67. The molecule has 0 aliphatic rings. The van der Waals surface area contributed by atoms with E-state index >= 15 is 0 Å². The van der Waals surface area contributed by atoms with Crippen molar-refractivity contribution in [2.24, 2.45) is 11.8 Å². The molecule has 0 bridgehead atoms. The monoisotopic (exact) mass is 261 g/mol. The molecular formula is C18H31N. The first-order chi connectivity index (χ1) is 9.15. The molecule has 108 valence electrons. The van der Waals surface area contributed by atoms with Gasteiger partial charge >= 0.3 is 0 Å². The molecule has 1 N–H and O–H groups in total. The first kappa shape index (κ1) is 16.2. The summed E-state index contributed by atoms with van der Waals surface area (Å²) in [5.41, 5.74) is 1.47. The van der Waals surface area contributed by atoms with Crippen LogP contribution in [0.3, 0.4) is 0 Å². The van der Waals surface area contributed by atoms with Gasteiger partial charge in [0.2, 0.25) is 0 Å². The van der Waals surface area contributed by atoms with Crippen LogP contribution in [0.25, 0.3) is 0 Å². The number of hydrogen-bond donors (Lipinski definition) is 1. The summed E-state index contributed by atoms with van der Waals surface area (Å²) >= 11 is 0. The average molecular weight is 261 g/mol. The SMILES string of the molecule is CCCNC(C)C(CCCc1ccccc1)C(C)C. The van der Waals surface area contributed by atoms with Gasteiger partial charge in [-0.3, -0.25) is 0 Å². The molecule has 19 heavy (non-hydrogen) atoms. The standard InChI is InChI=1S/C18H31N/c1-5-14-19-16(4)18(15(2)3)13-9-12-17-10-7-6-8-11-17/h6-8,10-11,15-16,18-19H,5,9,12-14H2,1-4H3. The van der Waals surface area contributed by atoms with Crippen LogP contribution in [-0.2, 0) is 6.42 Å². The molecule has 0 fully saturated rings. The number of rotatable bonds is 9. The lowest BCUT2D eigenvalue weighted by molar-refractivity contribution is 0.268. The van der Waals surface area contributed by atoms with Crippen molar-refractivity contribution in [2.45, 2.75) is 59.4 Å². The molecule has 0 aliphatic carbocycles. The maximum atomic E-state index is 3.66. The largest absolute Gasteiger partial charge is 0.314 e. The van der Waals surface area contributed by atoms with Gasteiger partial charge in [-0.2, -0.15) is 0 Å². The van der Waals surface area contributed by atoms with E-state index in [0.717, 1.165) is 18.4 Å². The molecule has 0 saturated carbocycles. The molecule has 0 aliphatic heterocycles. The van der Waals surface area contributed by atoms with Gasteiger partial charge in [-0.1, -0.05) is 51.1 Å². The summed E-state index contributed by atoms with van der Waals surface area (Å²) in [7, 11) is 0. The maximum absolute atomic E-state index is 3.66. The fourth-order valence-corrected chi connectivity index (χ4v) is 2.87. The highest BCUT2D eigenvalue weighted by molar-refractivity contribution is 5.14. The van der Waals surface area contributed by atoms with Gasteiger partial charge in [0.15, 0.2) is 0 Å². The molecule has 2 atom stereocenters. The van der Waals surface area contributed by atoms with E-state index in [1.807, 2.05) is 0 Å². The molecule has 1 aromatic rings.